The van der Waals surface area contributed by atoms with Gasteiger partial charge < -0.3 is 4.74 Å². The minimum absolute atomic E-state index is 0.0711. The van der Waals surface area contributed by atoms with Crippen molar-refractivity contribution in [2.45, 2.75) is 11.9 Å². The third-order valence-electron chi connectivity index (χ3n) is 2.45. The summed E-state index contributed by atoms with van der Waals surface area (Å²) >= 11 is 0.999. The number of pyridine rings is 1. The van der Waals surface area contributed by atoms with Gasteiger partial charge in [-0.2, -0.15) is 0 Å². The molecule has 1 unspecified atom stereocenters. The zero-order chi connectivity index (χ0) is 11.1. The van der Waals surface area contributed by atoms with Crippen LogP contribution in [-0.2, 0) is 0 Å². The van der Waals surface area contributed by atoms with E-state index < -0.39 is 11.3 Å². The molecule has 0 saturated heterocycles. The van der Waals surface area contributed by atoms with Crippen LogP contribution in [0.3, 0.4) is 0 Å². The molecule has 3 rings (SSSR count). The van der Waals surface area contributed by atoms with E-state index in [1.165, 1.54) is 0 Å². The van der Waals surface area contributed by atoms with Crippen LogP contribution in [0.4, 0.5) is 8.78 Å². The van der Waals surface area contributed by atoms with E-state index in [9.17, 15) is 8.78 Å². The molecule has 3 heterocycles. The molecule has 1 aromatic heterocycles. The highest BCUT2D eigenvalue weighted by Crippen LogP contribution is 2.49. The van der Waals surface area contributed by atoms with Crippen LogP contribution < -0.4 is 4.74 Å². The van der Waals surface area contributed by atoms with Gasteiger partial charge in [-0.05, 0) is 12.1 Å². The number of rotatable bonds is 0. The smallest absolute Gasteiger partial charge is 0.162 e. The summed E-state index contributed by atoms with van der Waals surface area (Å²) in [6, 6.07) is 3.39. The van der Waals surface area contributed by atoms with Crippen molar-refractivity contribution in [1.82, 2.24) is 4.98 Å². The summed E-state index contributed by atoms with van der Waals surface area (Å²) in [5.41, 5.74) is -0.224. The lowest BCUT2D eigenvalue weighted by Gasteiger charge is -2.05. The Labute approximate surface area is 95.0 Å². The topological polar surface area (TPSA) is 22.1 Å². The van der Waals surface area contributed by atoms with E-state index in [2.05, 4.69) is 4.98 Å². The molecule has 0 aromatic carbocycles. The Morgan fingerprint density at radius 1 is 1.50 bits per heavy atom. The number of allylic oxidation sites excluding steroid dienone is 2. The number of thioether (sulfide) groups is 1. The number of hydrogen-bond acceptors (Lipinski definition) is 3. The first kappa shape index (κ1) is 9.84. The molecule has 5 heteroatoms. The van der Waals surface area contributed by atoms with E-state index >= 15 is 0 Å². The highest BCUT2D eigenvalue weighted by Gasteiger charge is 2.32. The molecule has 1 atom stereocenters. The van der Waals surface area contributed by atoms with Crippen LogP contribution in [-0.4, -0.2) is 10.5 Å². The fourth-order valence-electron chi connectivity index (χ4n) is 1.74. The maximum atomic E-state index is 13.6. The van der Waals surface area contributed by atoms with Crippen LogP contribution in [0.2, 0.25) is 0 Å². The van der Waals surface area contributed by atoms with Crippen LogP contribution >= 0.6 is 11.8 Å². The quantitative estimate of drug-likeness (QED) is 0.692. The molecule has 16 heavy (non-hydrogen) atoms. The van der Waals surface area contributed by atoms with Crippen molar-refractivity contribution >= 4 is 16.7 Å². The van der Waals surface area contributed by atoms with Crippen molar-refractivity contribution in [3.05, 3.63) is 41.7 Å². The molecule has 2 aliphatic heterocycles. The Morgan fingerprint density at radius 3 is 3.25 bits per heavy atom. The maximum absolute atomic E-state index is 13.6. The molecule has 2 aliphatic rings. The van der Waals surface area contributed by atoms with Crippen molar-refractivity contribution in [1.29, 1.82) is 0 Å². The van der Waals surface area contributed by atoms with E-state index in [4.69, 9.17) is 4.74 Å². The average Bonchev–Trinajstić information content (AvgIpc) is 2.63. The molecule has 0 radical (unpaired) electrons. The second kappa shape index (κ2) is 3.59. The molecule has 0 spiro atoms. The predicted octanol–water partition coefficient (Wildman–Crippen LogP) is 3.43. The molecule has 2 nitrogen and oxygen atoms in total. The maximum Gasteiger partial charge on any atom is 0.162 e. The summed E-state index contributed by atoms with van der Waals surface area (Å²) in [6.07, 6.45) is 2.67. The van der Waals surface area contributed by atoms with Crippen LogP contribution in [0.25, 0.3) is 4.91 Å². The summed E-state index contributed by atoms with van der Waals surface area (Å²) in [5.74, 6) is -0.0510. The van der Waals surface area contributed by atoms with Gasteiger partial charge in [-0.25, -0.2) is 8.78 Å². The van der Waals surface area contributed by atoms with Crippen molar-refractivity contribution in [3.63, 3.8) is 0 Å². The Kier molecular flexibility index (Phi) is 2.21. The predicted molar refractivity (Wildman–Crippen MR) is 58.1 cm³/mol. The number of ether oxygens (including phenoxy) is 1. The Hall–Kier alpha value is -1.36. The standard InChI is InChI=1S/C11H7F2NOS/c12-7-5-15-8-2-1-3-14-10(8)11-6(7)4-9(13)16-11/h1-3,5,9H,4H2. The third kappa shape index (κ3) is 1.43. The van der Waals surface area contributed by atoms with Crippen LogP contribution in [0, 0.1) is 0 Å². The molecule has 0 bridgehead atoms. The van der Waals surface area contributed by atoms with E-state index in [1.54, 1.807) is 18.3 Å². The van der Waals surface area contributed by atoms with Gasteiger partial charge in [-0.3, -0.25) is 4.98 Å². The molecule has 0 aliphatic carbocycles. The first-order valence-electron chi connectivity index (χ1n) is 4.77. The summed E-state index contributed by atoms with van der Waals surface area (Å²) in [5, 5.41) is 0. The van der Waals surface area contributed by atoms with Gasteiger partial charge in [0.25, 0.3) is 0 Å². The zero-order valence-corrected chi connectivity index (χ0v) is 8.93. The Bertz CT molecular complexity index is 512. The first-order valence-corrected chi connectivity index (χ1v) is 5.65. The lowest BCUT2D eigenvalue weighted by Crippen LogP contribution is -1.91. The van der Waals surface area contributed by atoms with Crippen molar-refractivity contribution < 1.29 is 13.5 Å². The van der Waals surface area contributed by atoms with E-state index in [0.29, 0.717) is 21.9 Å². The number of alkyl halides is 1. The fraction of sp³-hybridized carbons (Fsp3) is 0.182. The highest BCUT2D eigenvalue weighted by atomic mass is 32.2. The van der Waals surface area contributed by atoms with Gasteiger partial charge >= 0.3 is 0 Å². The number of aromatic nitrogens is 1. The van der Waals surface area contributed by atoms with Crippen LogP contribution in [0.1, 0.15) is 12.1 Å². The largest absolute Gasteiger partial charge is 0.460 e. The lowest BCUT2D eigenvalue weighted by atomic mass is 10.1. The summed E-state index contributed by atoms with van der Waals surface area (Å²) < 4.78 is 32.0. The zero-order valence-electron chi connectivity index (χ0n) is 8.11. The molecular weight excluding hydrogens is 232 g/mol. The van der Waals surface area contributed by atoms with Crippen molar-refractivity contribution in [2.24, 2.45) is 0 Å². The van der Waals surface area contributed by atoms with E-state index in [-0.39, 0.29) is 6.42 Å². The minimum atomic E-state index is -1.10. The van der Waals surface area contributed by atoms with Crippen molar-refractivity contribution in [2.75, 3.05) is 0 Å². The van der Waals surface area contributed by atoms with Gasteiger partial charge in [0.05, 0.1) is 0 Å². The molecule has 0 amide bonds. The lowest BCUT2D eigenvalue weighted by molar-refractivity contribution is 0.436. The number of nitrogens with zero attached hydrogens (tertiary/aromatic N) is 1. The van der Waals surface area contributed by atoms with Gasteiger partial charge in [0, 0.05) is 23.1 Å². The van der Waals surface area contributed by atoms with Gasteiger partial charge in [-0.1, -0.05) is 11.8 Å². The van der Waals surface area contributed by atoms with Gasteiger partial charge in [0.2, 0.25) is 0 Å². The molecule has 0 fully saturated rings. The van der Waals surface area contributed by atoms with Gasteiger partial charge in [0.1, 0.15) is 12.0 Å². The van der Waals surface area contributed by atoms with Crippen LogP contribution in [0.15, 0.2) is 36.0 Å². The molecule has 0 N–H and O–H groups in total. The van der Waals surface area contributed by atoms with Gasteiger partial charge in [-0.15, -0.1) is 0 Å². The molecule has 1 aromatic rings. The number of fused-ring (bicyclic) bond motifs is 2. The highest BCUT2D eigenvalue weighted by molar-refractivity contribution is 8.09. The SMILES string of the molecule is FC1=COc2cccnc2C2=C1CC(F)S2. The monoisotopic (exact) mass is 239 g/mol. The molecule has 82 valence electrons. The third-order valence-corrected chi connectivity index (χ3v) is 3.55. The molecular formula is C11H7F2NOS. The average molecular weight is 239 g/mol. The summed E-state index contributed by atoms with van der Waals surface area (Å²) in [7, 11) is 0. The van der Waals surface area contributed by atoms with E-state index in [0.717, 1.165) is 18.0 Å². The first-order chi connectivity index (χ1) is 7.75. The Morgan fingerprint density at radius 2 is 2.38 bits per heavy atom. The number of hydrogen-bond donors (Lipinski definition) is 0. The second-order valence-corrected chi connectivity index (χ2v) is 4.63. The normalized spacial score (nSPS) is 23.1. The second-order valence-electron chi connectivity index (χ2n) is 3.47. The summed E-state index contributed by atoms with van der Waals surface area (Å²) in [4.78, 5) is 4.67. The molecule has 0 saturated carbocycles. The fourth-order valence-corrected chi connectivity index (χ4v) is 2.83. The Balaban J connectivity index is 2.20. The van der Waals surface area contributed by atoms with Crippen LogP contribution in [0.5, 0.6) is 5.75 Å². The van der Waals surface area contributed by atoms with Crippen molar-refractivity contribution in [3.8, 4) is 5.75 Å². The van der Waals surface area contributed by atoms with E-state index in [1.807, 2.05) is 0 Å². The number of halogens is 2. The minimum Gasteiger partial charge on any atom is -0.460 e. The summed E-state index contributed by atoms with van der Waals surface area (Å²) in [6.45, 7) is 0. The van der Waals surface area contributed by atoms with Gasteiger partial charge in [0.15, 0.2) is 17.1 Å².